The van der Waals surface area contributed by atoms with Gasteiger partial charge in [-0.15, -0.1) is 0 Å². The molecule has 0 saturated heterocycles. The molecule has 0 fully saturated rings. The molecule has 6 nitrogen and oxygen atoms in total. The lowest BCUT2D eigenvalue weighted by atomic mass is 9.98. The first-order valence-electron chi connectivity index (χ1n) is 8.51. The van der Waals surface area contributed by atoms with Gasteiger partial charge in [0.2, 0.25) is 0 Å². The molecule has 0 spiro atoms. The third-order valence-corrected chi connectivity index (χ3v) is 5.02. The van der Waals surface area contributed by atoms with E-state index in [9.17, 15) is 4.79 Å². The molecule has 0 bridgehead atoms. The number of hydrogen-bond acceptors (Lipinski definition) is 5. The number of carbonyl (C=O) groups excluding carboxylic acids is 1. The Bertz CT molecular complexity index is 1020. The summed E-state index contributed by atoms with van der Waals surface area (Å²) in [6, 6.07) is 13.6. The van der Waals surface area contributed by atoms with Crippen molar-refractivity contribution in [2.45, 2.75) is 12.5 Å². The van der Waals surface area contributed by atoms with Crippen molar-refractivity contribution >= 4 is 38.6 Å². The topological polar surface area (TPSA) is 67.7 Å². The minimum Gasteiger partial charge on any atom is -0.375 e. The van der Waals surface area contributed by atoms with Gasteiger partial charge in [-0.1, -0.05) is 34.1 Å². The number of ether oxygens (including phenoxy) is 1. The average molecular weight is 425 g/mol. The maximum atomic E-state index is 12.6. The second-order valence-electron chi connectivity index (χ2n) is 6.25. The zero-order valence-electron chi connectivity index (χ0n) is 14.7. The van der Waals surface area contributed by atoms with Crippen LogP contribution in [0.1, 0.15) is 23.6 Å². The Labute approximate surface area is 165 Å². The van der Waals surface area contributed by atoms with E-state index in [-0.39, 0.29) is 18.6 Å². The Morgan fingerprint density at radius 1 is 1.15 bits per heavy atom. The lowest BCUT2D eigenvalue weighted by Gasteiger charge is -2.21. The predicted molar refractivity (Wildman–Crippen MR) is 106 cm³/mol. The molecule has 0 unspecified atom stereocenters. The molecule has 1 aliphatic heterocycles. The smallest absolute Gasteiger partial charge is 0.269 e. The van der Waals surface area contributed by atoms with Gasteiger partial charge in [-0.25, -0.2) is 5.01 Å². The zero-order chi connectivity index (χ0) is 18.8. The van der Waals surface area contributed by atoms with E-state index in [1.165, 1.54) is 12.1 Å². The molecule has 1 atom stereocenters. The van der Waals surface area contributed by atoms with Gasteiger partial charge in [-0.2, -0.15) is 5.10 Å². The van der Waals surface area contributed by atoms with E-state index in [2.05, 4.69) is 31.0 Å². The number of hydrogen-bond donors (Lipinski definition) is 0. The summed E-state index contributed by atoms with van der Waals surface area (Å²) in [5, 5.41) is 6.14. The van der Waals surface area contributed by atoms with Gasteiger partial charge in [-0.3, -0.25) is 14.8 Å². The summed E-state index contributed by atoms with van der Waals surface area (Å²) in [5.41, 5.74) is 4.46. The number of halogens is 1. The molecule has 0 N–H and O–H groups in total. The predicted octanol–water partition coefficient (Wildman–Crippen LogP) is 3.72. The minimum atomic E-state index is -0.197. The van der Waals surface area contributed by atoms with Crippen LogP contribution in [0, 0.1) is 0 Å². The van der Waals surface area contributed by atoms with Crippen LogP contribution in [0.3, 0.4) is 0 Å². The van der Waals surface area contributed by atoms with Gasteiger partial charge in [0, 0.05) is 30.4 Å². The summed E-state index contributed by atoms with van der Waals surface area (Å²) in [6.45, 7) is -0.0129. The average Bonchev–Trinajstić information content (AvgIpc) is 3.14. The summed E-state index contributed by atoms with van der Waals surface area (Å²) in [5.74, 6) is -0.172. The van der Waals surface area contributed by atoms with E-state index < -0.39 is 0 Å². The van der Waals surface area contributed by atoms with Crippen LogP contribution in [0.25, 0.3) is 11.0 Å². The monoisotopic (exact) mass is 424 g/mol. The maximum Gasteiger partial charge on any atom is 0.269 e. The van der Waals surface area contributed by atoms with Crippen LogP contribution in [-0.4, -0.2) is 40.3 Å². The Morgan fingerprint density at radius 2 is 1.89 bits per heavy atom. The first kappa shape index (κ1) is 17.8. The molecule has 27 heavy (non-hydrogen) atoms. The Kier molecular flexibility index (Phi) is 4.96. The summed E-state index contributed by atoms with van der Waals surface area (Å²) < 4.78 is 6.04. The minimum absolute atomic E-state index is 0.0129. The summed E-state index contributed by atoms with van der Waals surface area (Å²) >= 11 is 3.45. The van der Waals surface area contributed by atoms with Crippen molar-refractivity contribution in [3.05, 3.63) is 70.5 Å². The maximum absolute atomic E-state index is 12.6. The van der Waals surface area contributed by atoms with E-state index >= 15 is 0 Å². The van der Waals surface area contributed by atoms with E-state index in [0.29, 0.717) is 6.42 Å². The Hall–Kier alpha value is -2.64. The highest BCUT2D eigenvalue weighted by Crippen LogP contribution is 2.34. The second kappa shape index (κ2) is 7.54. The largest absolute Gasteiger partial charge is 0.375 e. The molecule has 7 heteroatoms. The molecule has 1 aromatic heterocycles. The first-order chi connectivity index (χ1) is 13.2. The number of aromatic nitrogens is 2. The number of fused-ring (bicyclic) bond motifs is 1. The van der Waals surface area contributed by atoms with Crippen LogP contribution in [0.4, 0.5) is 0 Å². The van der Waals surface area contributed by atoms with Crippen LogP contribution in [0.15, 0.2) is 64.4 Å². The third-order valence-electron chi connectivity index (χ3n) is 4.49. The Balaban J connectivity index is 1.71. The van der Waals surface area contributed by atoms with E-state index in [1.54, 1.807) is 12.4 Å². The molecule has 0 radical (unpaired) electrons. The number of hydrazone groups is 1. The Morgan fingerprint density at radius 3 is 2.63 bits per heavy atom. The summed E-state index contributed by atoms with van der Waals surface area (Å²) in [7, 11) is 1.51. The molecule has 1 amide bonds. The van der Waals surface area contributed by atoms with E-state index in [0.717, 1.165) is 32.3 Å². The molecule has 0 saturated carbocycles. The number of amides is 1. The molecular formula is C20H17BrN4O2. The van der Waals surface area contributed by atoms with Gasteiger partial charge in [-0.05, 0) is 35.4 Å². The molecule has 1 aliphatic rings. The van der Waals surface area contributed by atoms with Crippen molar-refractivity contribution < 1.29 is 9.53 Å². The van der Waals surface area contributed by atoms with Crippen molar-refractivity contribution in [2.75, 3.05) is 13.7 Å². The van der Waals surface area contributed by atoms with Crippen LogP contribution in [-0.2, 0) is 9.53 Å². The molecule has 0 aliphatic carbocycles. The van der Waals surface area contributed by atoms with E-state index in [1.807, 2.05) is 42.5 Å². The standard InChI is InChI=1S/C20H17BrN4O2/c1-27-12-20(26)25-19(11-17(24-25)13-2-5-15(21)6-3-13)14-4-7-16-18(10-14)23-9-8-22-16/h2-10,19H,11-12H2,1H3/t19-/m1/s1. The molecule has 4 rings (SSSR count). The van der Waals surface area contributed by atoms with Crippen LogP contribution in [0.5, 0.6) is 0 Å². The number of nitrogens with zero attached hydrogens (tertiary/aromatic N) is 4. The zero-order valence-corrected chi connectivity index (χ0v) is 16.3. The van der Waals surface area contributed by atoms with Crippen molar-refractivity contribution in [2.24, 2.45) is 5.10 Å². The molecule has 136 valence electrons. The summed E-state index contributed by atoms with van der Waals surface area (Å²) in [4.78, 5) is 21.3. The quantitative estimate of drug-likeness (QED) is 0.639. The number of carbonyl (C=O) groups is 1. The fourth-order valence-electron chi connectivity index (χ4n) is 3.19. The number of methoxy groups -OCH3 is 1. The lowest BCUT2D eigenvalue weighted by Crippen LogP contribution is -2.30. The molecular weight excluding hydrogens is 408 g/mol. The van der Waals surface area contributed by atoms with E-state index in [4.69, 9.17) is 4.74 Å². The van der Waals surface area contributed by atoms with Crippen LogP contribution >= 0.6 is 15.9 Å². The third kappa shape index (κ3) is 3.61. The van der Waals surface area contributed by atoms with Gasteiger partial charge in [0.15, 0.2) is 0 Å². The van der Waals surface area contributed by atoms with Gasteiger partial charge in [0.25, 0.3) is 5.91 Å². The SMILES string of the molecule is COCC(=O)N1N=C(c2ccc(Br)cc2)C[C@@H]1c1ccc2nccnc2c1. The van der Waals surface area contributed by atoms with Crippen LogP contribution < -0.4 is 0 Å². The number of benzene rings is 2. The molecule has 3 aromatic rings. The second-order valence-corrected chi connectivity index (χ2v) is 7.16. The van der Waals surface area contributed by atoms with Gasteiger partial charge in [0.05, 0.1) is 22.8 Å². The normalized spacial score (nSPS) is 16.6. The van der Waals surface area contributed by atoms with Crippen molar-refractivity contribution in [3.8, 4) is 0 Å². The fraction of sp³-hybridized carbons (Fsp3) is 0.200. The van der Waals surface area contributed by atoms with Gasteiger partial charge >= 0.3 is 0 Å². The fourth-order valence-corrected chi connectivity index (χ4v) is 3.46. The lowest BCUT2D eigenvalue weighted by molar-refractivity contribution is -0.136. The highest BCUT2D eigenvalue weighted by Gasteiger charge is 2.33. The highest BCUT2D eigenvalue weighted by molar-refractivity contribution is 9.10. The summed E-state index contributed by atoms with van der Waals surface area (Å²) in [6.07, 6.45) is 3.96. The van der Waals surface area contributed by atoms with Crippen LogP contribution in [0.2, 0.25) is 0 Å². The highest BCUT2D eigenvalue weighted by atomic mass is 79.9. The first-order valence-corrected chi connectivity index (χ1v) is 9.30. The number of rotatable bonds is 4. The van der Waals surface area contributed by atoms with Crippen molar-refractivity contribution in [3.63, 3.8) is 0 Å². The molecule has 2 aromatic carbocycles. The van der Waals surface area contributed by atoms with Crippen molar-refractivity contribution in [1.29, 1.82) is 0 Å². The van der Waals surface area contributed by atoms with Gasteiger partial charge < -0.3 is 4.74 Å². The molecule has 2 heterocycles. The van der Waals surface area contributed by atoms with Gasteiger partial charge in [0.1, 0.15) is 6.61 Å². The van der Waals surface area contributed by atoms with Crippen molar-refractivity contribution in [1.82, 2.24) is 15.0 Å².